The minimum atomic E-state index is -5.08. The van der Waals surface area contributed by atoms with Crippen LogP contribution in [-0.4, -0.2) is 49.3 Å². The number of aliphatic carboxylic acids is 1. The molecule has 0 aliphatic heterocycles. The number of ether oxygens (including phenoxy) is 2. The van der Waals surface area contributed by atoms with E-state index in [1.54, 1.807) is 36.5 Å². The van der Waals surface area contributed by atoms with E-state index in [4.69, 9.17) is 34.4 Å². The molecule has 17 heteroatoms. The van der Waals surface area contributed by atoms with E-state index >= 15 is 0 Å². The second-order valence-corrected chi connectivity index (χ2v) is 11.4. The highest BCUT2D eigenvalue weighted by Crippen LogP contribution is 2.33. The van der Waals surface area contributed by atoms with Crippen molar-refractivity contribution in [3.05, 3.63) is 84.1 Å². The number of nitrogens with one attached hydrogen (secondary N) is 2. The molecule has 1 heterocycles. The van der Waals surface area contributed by atoms with Crippen LogP contribution in [0, 0.1) is 0 Å². The maximum Gasteiger partial charge on any atom is 0.490 e. The molecule has 3 aromatic carbocycles. The topological polar surface area (TPSA) is 205 Å². The van der Waals surface area contributed by atoms with Gasteiger partial charge in [0.15, 0.2) is 11.5 Å². The van der Waals surface area contributed by atoms with Crippen molar-refractivity contribution in [3.63, 3.8) is 0 Å². The summed E-state index contributed by atoms with van der Waals surface area (Å²) in [5.41, 5.74) is 7.95. The number of benzene rings is 3. The van der Waals surface area contributed by atoms with Crippen molar-refractivity contribution in [1.82, 2.24) is 10.3 Å². The van der Waals surface area contributed by atoms with E-state index < -0.39 is 28.5 Å². The average Bonchev–Trinajstić information content (AvgIpc) is 2.99. The largest absolute Gasteiger partial charge is 0.490 e. The van der Waals surface area contributed by atoms with E-state index in [2.05, 4.69) is 15.6 Å². The molecule has 1 aromatic heterocycles. The van der Waals surface area contributed by atoms with Crippen molar-refractivity contribution >= 4 is 44.5 Å². The number of pyridine rings is 1. The van der Waals surface area contributed by atoms with Crippen molar-refractivity contribution < 1.29 is 49.9 Å². The molecular weight excluding hydrogens is 659 g/mol. The number of carboxylic acid groups (broad SMARTS) is 1. The molecule has 4 aromatic rings. The van der Waals surface area contributed by atoms with Crippen LogP contribution in [0.25, 0.3) is 10.8 Å². The Kier molecular flexibility index (Phi) is 12.4. The number of carboxylic acids is 1. The van der Waals surface area contributed by atoms with Crippen molar-refractivity contribution in [2.45, 2.75) is 45.6 Å². The number of hydrogen-bond acceptors (Lipinski definition) is 10. The summed E-state index contributed by atoms with van der Waals surface area (Å²) in [5.74, 6) is -1.54. The third-order valence-electron chi connectivity index (χ3n) is 6.15. The molecule has 7 N–H and O–H groups in total. The van der Waals surface area contributed by atoms with E-state index in [0.29, 0.717) is 40.7 Å². The lowest BCUT2D eigenvalue weighted by Crippen LogP contribution is -2.33. The molecule has 0 radical (unpaired) electrons. The van der Waals surface area contributed by atoms with Crippen LogP contribution in [0.15, 0.2) is 72.9 Å². The zero-order valence-corrected chi connectivity index (χ0v) is 26.8. The second-order valence-electron chi connectivity index (χ2n) is 10.3. The highest BCUT2D eigenvalue weighted by atomic mass is 32.2. The monoisotopic (exact) mass is 693 g/mol. The molecule has 4 rings (SSSR count). The predicted molar refractivity (Wildman–Crippen MR) is 172 cm³/mol. The standard InChI is InChI=1S/C29H33N5O6S.C2HF3O2/c1-4-38-26-16-21(8-11-25(26)39-18(2)3)27(34-22-9-10-24-20(15-22)12-13-32-28(24)30)29(35)33-17-19-6-5-7-23(14-19)40-41(31,36)37;3-2(4,5)1(6)7/h5-16,18,27,34H,4,17H2,1-3H3,(H2,30,32)(H,33,35)(H2,31,36,37);(H,6,7). The van der Waals surface area contributed by atoms with Gasteiger partial charge < -0.3 is 35.1 Å². The quantitative estimate of drug-likeness (QED) is 0.138. The summed E-state index contributed by atoms with van der Waals surface area (Å²) in [4.78, 5) is 26.7. The summed E-state index contributed by atoms with van der Waals surface area (Å²) in [5, 5.41) is 20.0. The van der Waals surface area contributed by atoms with Crippen LogP contribution in [0.1, 0.15) is 37.9 Å². The van der Waals surface area contributed by atoms with Crippen molar-refractivity contribution in [3.8, 4) is 17.2 Å². The molecule has 1 unspecified atom stereocenters. The summed E-state index contributed by atoms with van der Waals surface area (Å²) in [6.45, 7) is 6.24. The van der Waals surface area contributed by atoms with Gasteiger partial charge in [0.05, 0.1) is 12.7 Å². The van der Waals surface area contributed by atoms with Crippen molar-refractivity contribution in [2.24, 2.45) is 5.14 Å². The Bertz CT molecular complexity index is 1860. The molecule has 1 atom stereocenters. The normalized spacial score (nSPS) is 12.0. The van der Waals surface area contributed by atoms with Crippen LogP contribution in [0.5, 0.6) is 17.2 Å². The summed E-state index contributed by atoms with van der Waals surface area (Å²) in [7, 11) is -4.18. The molecule has 0 saturated heterocycles. The van der Waals surface area contributed by atoms with Crippen LogP contribution in [0.2, 0.25) is 0 Å². The summed E-state index contributed by atoms with van der Waals surface area (Å²) in [6.07, 6.45) is -3.52. The SMILES string of the molecule is CCOc1cc(C(Nc2ccc3c(N)nccc3c2)C(=O)NCc2cccc(OS(N)(=O)=O)c2)ccc1OC(C)C.O=C(O)C(F)(F)F. The van der Waals surface area contributed by atoms with E-state index in [-0.39, 0.29) is 24.3 Å². The Balaban J connectivity index is 0.000000804. The number of hydrogen-bond donors (Lipinski definition) is 5. The van der Waals surface area contributed by atoms with Crippen LogP contribution in [0.3, 0.4) is 0 Å². The van der Waals surface area contributed by atoms with Gasteiger partial charge in [0.1, 0.15) is 17.6 Å². The first kappa shape index (κ1) is 37.2. The Labute approximate surface area is 274 Å². The first-order chi connectivity index (χ1) is 22.5. The van der Waals surface area contributed by atoms with Gasteiger partial charge in [0, 0.05) is 23.8 Å². The van der Waals surface area contributed by atoms with E-state index in [1.165, 1.54) is 12.1 Å². The third-order valence-corrected chi connectivity index (χ3v) is 6.58. The fourth-order valence-corrected chi connectivity index (χ4v) is 4.59. The van der Waals surface area contributed by atoms with E-state index in [1.807, 2.05) is 45.0 Å². The van der Waals surface area contributed by atoms with Gasteiger partial charge in [-0.2, -0.15) is 26.7 Å². The number of halogens is 3. The average molecular weight is 694 g/mol. The predicted octanol–water partition coefficient (Wildman–Crippen LogP) is 4.69. The molecule has 0 aliphatic carbocycles. The molecule has 0 spiro atoms. The van der Waals surface area contributed by atoms with Crippen LogP contribution >= 0.6 is 0 Å². The Morgan fingerprint density at radius 2 is 1.73 bits per heavy atom. The maximum absolute atomic E-state index is 13.7. The molecule has 48 heavy (non-hydrogen) atoms. The number of alkyl halides is 3. The lowest BCUT2D eigenvalue weighted by molar-refractivity contribution is -0.192. The highest BCUT2D eigenvalue weighted by molar-refractivity contribution is 7.84. The molecule has 0 bridgehead atoms. The van der Waals surface area contributed by atoms with Gasteiger partial charge in [0.2, 0.25) is 5.91 Å². The number of amides is 1. The number of nitrogens with zero attached hydrogens (tertiary/aromatic N) is 1. The number of nitrogens with two attached hydrogens (primary N) is 2. The summed E-state index contributed by atoms with van der Waals surface area (Å²) >= 11 is 0. The minimum Gasteiger partial charge on any atom is -0.490 e. The van der Waals surface area contributed by atoms with Crippen LogP contribution < -0.4 is 35.2 Å². The molecule has 0 aliphatic rings. The zero-order chi connectivity index (χ0) is 35.6. The molecular formula is C31H34F3N5O8S. The third kappa shape index (κ3) is 11.2. The number of aromatic nitrogens is 1. The summed E-state index contributed by atoms with van der Waals surface area (Å²) in [6, 6.07) is 18.2. The van der Waals surface area contributed by atoms with Crippen molar-refractivity contribution in [1.29, 1.82) is 0 Å². The number of anilines is 2. The van der Waals surface area contributed by atoms with Gasteiger partial charge in [-0.1, -0.05) is 18.2 Å². The van der Waals surface area contributed by atoms with Gasteiger partial charge in [-0.25, -0.2) is 9.78 Å². The number of rotatable bonds is 12. The van der Waals surface area contributed by atoms with E-state index in [9.17, 15) is 26.4 Å². The van der Waals surface area contributed by atoms with Gasteiger partial charge in [0.25, 0.3) is 0 Å². The number of carbonyl (C=O) groups excluding carboxylic acids is 1. The maximum atomic E-state index is 13.7. The number of fused-ring (bicyclic) bond motifs is 1. The lowest BCUT2D eigenvalue weighted by Gasteiger charge is -2.22. The fourth-order valence-electron chi connectivity index (χ4n) is 4.21. The molecule has 0 fully saturated rings. The summed E-state index contributed by atoms with van der Waals surface area (Å²) < 4.78 is 70.8. The minimum absolute atomic E-state index is 0.0425. The van der Waals surface area contributed by atoms with Gasteiger partial charge in [-0.05, 0) is 85.8 Å². The van der Waals surface area contributed by atoms with Crippen LogP contribution in [-0.2, 0) is 26.4 Å². The lowest BCUT2D eigenvalue weighted by atomic mass is 10.0. The first-order valence-corrected chi connectivity index (χ1v) is 15.7. The Morgan fingerprint density at radius 3 is 2.35 bits per heavy atom. The van der Waals surface area contributed by atoms with Crippen LogP contribution in [0.4, 0.5) is 24.7 Å². The number of carbonyl (C=O) groups is 2. The smallest absolute Gasteiger partial charge is 0.490 e. The molecule has 13 nitrogen and oxygen atoms in total. The van der Waals surface area contributed by atoms with Gasteiger partial charge in [-0.15, -0.1) is 0 Å². The Morgan fingerprint density at radius 1 is 1.02 bits per heavy atom. The fraction of sp³-hybridized carbons (Fsp3) is 0.258. The molecule has 1 amide bonds. The van der Waals surface area contributed by atoms with Gasteiger partial charge >= 0.3 is 22.4 Å². The molecule has 258 valence electrons. The van der Waals surface area contributed by atoms with Gasteiger partial charge in [-0.3, -0.25) is 4.79 Å². The highest BCUT2D eigenvalue weighted by Gasteiger charge is 2.38. The second kappa shape index (κ2) is 16.0. The van der Waals surface area contributed by atoms with E-state index in [0.717, 1.165) is 10.8 Å². The zero-order valence-electron chi connectivity index (χ0n) is 25.9. The number of nitrogen functional groups attached to an aromatic ring is 1. The Hall–Kier alpha value is -5.29. The van der Waals surface area contributed by atoms with Crippen molar-refractivity contribution in [2.75, 3.05) is 17.7 Å². The first-order valence-electron chi connectivity index (χ1n) is 14.2. The molecule has 0 saturated carbocycles.